The van der Waals surface area contributed by atoms with E-state index in [-0.39, 0.29) is 5.41 Å². The largest absolute Gasteiger partial charge is 0.310 e. The summed E-state index contributed by atoms with van der Waals surface area (Å²) >= 11 is 0. The molecule has 4 nitrogen and oxygen atoms in total. The van der Waals surface area contributed by atoms with Crippen molar-refractivity contribution in [3.63, 3.8) is 0 Å². The normalized spacial score (nSPS) is 15.8. The average Bonchev–Trinajstić information content (AvgIpc) is 3.74. The van der Waals surface area contributed by atoms with Crippen molar-refractivity contribution >= 4 is 52.6 Å². The van der Waals surface area contributed by atoms with Crippen molar-refractivity contribution in [1.29, 1.82) is 0 Å². The zero-order chi connectivity index (χ0) is 41.8. The molecule has 0 radical (unpaired) electrons. The lowest BCUT2D eigenvalue weighted by Gasteiger charge is -2.33. The molecule has 298 valence electrons. The Bertz CT molecular complexity index is 3130. The van der Waals surface area contributed by atoms with Crippen LogP contribution in [0.15, 0.2) is 231 Å². The summed E-state index contributed by atoms with van der Waals surface area (Å²) in [5, 5.41) is 0.766. The van der Waals surface area contributed by atoms with Crippen LogP contribution in [0.25, 0.3) is 33.4 Å². The minimum atomic E-state index is -3.49. The Labute approximate surface area is 364 Å². The van der Waals surface area contributed by atoms with Crippen LogP contribution in [0.5, 0.6) is 0 Å². The summed E-state index contributed by atoms with van der Waals surface area (Å²) in [5.74, 6) is 0. The van der Waals surface area contributed by atoms with Gasteiger partial charge in [-0.05, 0) is 129 Å². The first-order valence-corrected chi connectivity index (χ1v) is 22.8. The van der Waals surface area contributed by atoms with Gasteiger partial charge in [-0.3, -0.25) is 13.9 Å². The maximum Gasteiger partial charge on any atom is 0.301 e. The molecule has 62 heavy (non-hydrogen) atoms. The molecule has 0 amide bonds. The maximum absolute atomic E-state index is 16.2. The smallest absolute Gasteiger partial charge is 0.301 e. The van der Waals surface area contributed by atoms with Crippen molar-refractivity contribution in [2.24, 2.45) is 0 Å². The van der Waals surface area contributed by atoms with E-state index in [4.69, 9.17) is 0 Å². The standard InChI is InChI=1S/C57H44N3OP/c1-57(2)53-29-16-15-28-51(53)52-36-35-49(40-54(52)57)58(45-33-30-42(31-34-45)41-18-7-3-8-19-41)48-25-17-20-43(38-48)44-32-37-55-56(39-44)60(47-23-11-5-12-24-47)62(61,50-26-13-6-14-27-50)59(55)46-21-9-4-10-22-46/h3-40H,1-2H3. The lowest BCUT2D eigenvalue weighted by Crippen LogP contribution is -2.26. The molecule has 1 aliphatic carbocycles. The highest BCUT2D eigenvalue weighted by molar-refractivity contribution is 7.76. The maximum atomic E-state index is 16.2. The molecule has 9 aromatic rings. The Morgan fingerprint density at radius 1 is 0.387 bits per heavy atom. The third kappa shape index (κ3) is 6.10. The van der Waals surface area contributed by atoms with Crippen LogP contribution in [-0.2, 0) is 9.98 Å². The summed E-state index contributed by atoms with van der Waals surface area (Å²) in [4.78, 5) is 2.38. The summed E-state index contributed by atoms with van der Waals surface area (Å²) in [6.45, 7) is 4.67. The summed E-state index contributed by atoms with van der Waals surface area (Å²) < 4.78 is 20.3. The van der Waals surface area contributed by atoms with Crippen molar-refractivity contribution in [1.82, 2.24) is 0 Å². The number of anilines is 7. The van der Waals surface area contributed by atoms with Gasteiger partial charge in [0.2, 0.25) is 0 Å². The van der Waals surface area contributed by atoms with Crippen molar-refractivity contribution in [3.8, 4) is 33.4 Å². The number of nitrogens with zero attached hydrogens (tertiary/aromatic N) is 3. The predicted molar refractivity (Wildman–Crippen MR) is 260 cm³/mol. The number of rotatable bonds is 8. The van der Waals surface area contributed by atoms with Gasteiger partial charge in [-0.1, -0.05) is 159 Å². The second-order valence-electron chi connectivity index (χ2n) is 16.6. The van der Waals surface area contributed by atoms with Gasteiger partial charge in [-0.15, -0.1) is 0 Å². The first-order chi connectivity index (χ1) is 30.4. The molecule has 5 heteroatoms. The second-order valence-corrected chi connectivity index (χ2v) is 19.0. The zero-order valence-corrected chi connectivity index (χ0v) is 35.5. The molecule has 1 unspecified atom stereocenters. The number of fused-ring (bicyclic) bond motifs is 4. The molecular formula is C57H44N3OP. The van der Waals surface area contributed by atoms with Crippen LogP contribution in [-0.4, -0.2) is 0 Å². The first-order valence-electron chi connectivity index (χ1n) is 21.2. The second kappa shape index (κ2) is 15.0. The van der Waals surface area contributed by atoms with Crippen molar-refractivity contribution in [2.45, 2.75) is 19.3 Å². The molecule has 11 rings (SSSR count). The Balaban J connectivity index is 1.06. The van der Waals surface area contributed by atoms with Crippen LogP contribution < -0.4 is 19.5 Å². The highest BCUT2D eigenvalue weighted by Crippen LogP contribution is 2.70. The van der Waals surface area contributed by atoms with Crippen LogP contribution in [0.2, 0.25) is 0 Å². The molecule has 0 aromatic heterocycles. The number of para-hydroxylation sites is 2. The van der Waals surface area contributed by atoms with Crippen molar-refractivity contribution in [2.75, 3.05) is 14.2 Å². The summed E-state index contributed by atoms with van der Waals surface area (Å²) in [5.41, 5.74) is 16.3. The Hall–Kier alpha value is -7.39. The topological polar surface area (TPSA) is 26.8 Å². The monoisotopic (exact) mass is 817 g/mol. The SMILES string of the molecule is CC1(C)c2ccccc2-c2ccc(N(c3ccc(-c4ccccc4)cc3)c3cccc(-c4ccc5c(c4)N(c4ccccc4)P(=O)(c4ccccc4)N5c4ccccc4)c3)cc21. The molecule has 1 heterocycles. The number of hydrogen-bond acceptors (Lipinski definition) is 2. The fourth-order valence-electron chi connectivity index (χ4n) is 9.55. The number of benzene rings is 9. The van der Waals surface area contributed by atoms with Crippen LogP contribution in [0.1, 0.15) is 25.0 Å². The van der Waals surface area contributed by atoms with E-state index in [0.29, 0.717) is 0 Å². The molecule has 0 fully saturated rings. The van der Waals surface area contributed by atoms with Gasteiger partial charge in [-0.25, -0.2) is 0 Å². The Morgan fingerprint density at radius 2 is 0.887 bits per heavy atom. The van der Waals surface area contributed by atoms with E-state index in [2.05, 4.69) is 180 Å². The summed E-state index contributed by atoms with van der Waals surface area (Å²) in [6, 6.07) is 80.7. The summed E-state index contributed by atoms with van der Waals surface area (Å²) in [7, 11) is -3.49. The predicted octanol–water partition coefficient (Wildman–Crippen LogP) is 15.6. The van der Waals surface area contributed by atoms with E-state index < -0.39 is 7.44 Å². The molecule has 0 spiro atoms. The molecule has 1 aliphatic heterocycles. The quantitative estimate of drug-likeness (QED) is 0.143. The molecule has 9 aromatic carbocycles. The van der Waals surface area contributed by atoms with Crippen molar-refractivity contribution in [3.05, 3.63) is 242 Å². The molecule has 0 N–H and O–H groups in total. The van der Waals surface area contributed by atoms with E-state index in [9.17, 15) is 0 Å². The molecular weight excluding hydrogens is 774 g/mol. The summed E-state index contributed by atoms with van der Waals surface area (Å²) in [6.07, 6.45) is 0. The van der Waals surface area contributed by atoms with Crippen molar-refractivity contribution < 1.29 is 4.57 Å². The van der Waals surface area contributed by atoms with Gasteiger partial charge >= 0.3 is 7.44 Å². The molecule has 0 saturated heterocycles. The molecule has 0 bridgehead atoms. The molecule has 2 aliphatic rings. The fraction of sp³-hybridized carbons (Fsp3) is 0.0526. The highest BCUT2D eigenvalue weighted by Gasteiger charge is 2.49. The van der Waals surface area contributed by atoms with Gasteiger partial charge in [0.05, 0.1) is 16.7 Å². The van der Waals surface area contributed by atoms with E-state index in [1.165, 1.54) is 33.4 Å². The Morgan fingerprint density at radius 3 is 1.58 bits per heavy atom. The Kier molecular flexibility index (Phi) is 9.07. The van der Waals surface area contributed by atoms with Gasteiger partial charge in [0.25, 0.3) is 0 Å². The minimum absolute atomic E-state index is 0.144. The average molecular weight is 818 g/mol. The van der Waals surface area contributed by atoms with Gasteiger partial charge in [0.1, 0.15) is 0 Å². The van der Waals surface area contributed by atoms with Crippen LogP contribution in [0.4, 0.5) is 39.8 Å². The highest BCUT2D eigenvalue weighted by atomic mass is 31.2. The first kappa shape index (κ1) is 37.6. The lowest BCUT2D eigenvalue weighted by molar-refractivity contribution is 0.582. The van der Waals surface area contributed by atoms with Crippen LogP contribution >= 0.6 is 7.44 Å². The van der Waals surface area contributed by atoms with Gasteiger partial charge in [0.15, 0.2) is 0 Å². The van der Waals surface area contributed by atoms with Crippen LogP contribution in [0.3, 0.4) is 0 Å². The van der Waals surface area contributed by atoms with Gasteiger partial charge in [0, 0.05) is 33.9 Å². The van der Waals surface area contributed by atoms with Crippen LogP contribution in [0, 0.1) is 0 Å². The zero-order valence-electron chi connectivity index (χ0n) is 34.6. The van der Waals surface area contributed by atoms with E-state index in [1.54, 1.807) is 0 Å². The molecule has 0 saturated carbocycles. The van der Waals surface area contributed by atoms with E-state index in [0.717, 1.165) is 56.2 Å². The lowest BCUT2D eigenvalue weighted by atomic mass is 9.82. The fourth-order valence-corrected chi connectivity index (χ4v) is 12.6. The van der Waals surface area contributed by atoms with Gasteiger partial charge < -0.3 is 4.90 Å². The number of hydrogen-bond donors (Lipinski definition) is 0. The molecule has 1 atom stereocenters. The third-order valence-electron chi connectivity index (χ3n) is 12.6. The third-order valence-corrected chi connectivity index (χ3v) is 15.5. The van der Waals surface area contributed by atoms with E-state index in [1.807, 2.05) is 78.9 Å². The minimum Gasteiger partial charge on any atom is -0.310 e. The van der Waals surface area contributed by atoms with E-state index >= 15 is 4.57 Å². The van der Waals surface area contributed by atoms with Gasteiger partial charge in [-0.2, -0.15) is 0 Å².